The van der Waals surface area contributed by atoms with Crippen LogP contribution in [-0.4, -0.2) is 24.3 Å². The molecule has 0 aromatic heterocycles. The minimum Gasteiger partial charge on any atom is -0.393 e. The molecule has 3 nitrogen and oxygen atoms in total. The summed E-state index contributed by atoms with van der Waals surface area (Å²) in [5.41, 5.74) is 6.05. The van der Waals surface area contributed by atoms with Crippen LogP contribution in [0.1, 0.15) is 19.3 Å². The lowest BCUT2D eigenvalue weighted by Crippen LogP contribution is -2.37. The summed E-state index contributed by atoms with van der Waals surface area (Å²) in [5, 5.41) is 9.15. The molecule has 0 radical (unpaired) electrons. The Hall–Kier alpha value is -0.120. The normalized spacial score (nSPS) is 31.0. The van der Waals surface area contributed by atoms with Gasteiger partial charge in [-0.05, 0) is 19.3 Å². The second-order valence-corrected chi connectivity index (χ2v) is 2.44. The largest absolute Gasteiger partial charge is 0.393 e. The van der Waals surface area contributed by atoms with Crippen LogP contribution in [0, 0.1) is 0 Å². The Labute approximate surface area is 55.4 Å². The molecule has 3 N–H and O–H groups in total. The van der Waals surface area contributed by atoms with Crippen LogP contribution < -0.4 is 10.9 Å². The zero-order chi connectivity index (χ0) is 6.53. The van der Waals surface area contributed by atoms with Gasteiger partial charge >= 0.3 is 0 Å². The lowest BCUT2D eigenvalue weighted by Gasteiger charge is -2.15. The van der Waals surface area contributed by atoms with E-state index in [-0.39, 0.29) is 6.10 Å². The number of aliphatic hydroxyl groups excluding tert-OH is 1. The number of hydrazine groups is 1. The van der Waals surface area contributed by atoms with E-state index < -0.39 is 0 Å². The van der Waals surface area contributed by atoms with Crippen LogP contribution in [0.5, 0.6) is 0 Å². The summed E-state index contributed by atoms with van der Waals surface area (Å²) in [6.45, 7) is 1.85. The molecule has 1 heterocycles. The molecule has 0 aromatic carbocycles. The second-order valence-electron chi connectivity index (χ2n) is 2.44. The number of hydrogen-bond acceptors (Lipinski definition) is 3. The van der Waals surface area contributed by atoms with E-state index in [4.69, 9.17) is 5.11 Å². The molecule has 0 aliphatic carbocycles. The lowest BCUT2D eigenvalue weighted by molar-refractivity contribution is 0.142. The highest BCUT2D eigenvalue weighted by molar-refractivity contribution is 4.60. The smallest absolute Gasteiger partial charge is 0.0553 e. The first-order valence-corrected chi connectivity index (χ1v) is 3.53. The van der Waals surface area contributed by atoms with Crippen molar-refractivity contribution in [3.05, 3.63) is 0 Å². The van der Waals surface area contributed by atoms with Gasteiger partial charge in [0, 0.05) is 13.1 Å². The minimum atomic E-state index is -0.0837. The summed E-state index contributed by atoms with van der Waals surface area (Å²) in [4.78, 5) is 0. The van der Waals surface area contributed by atoms with E-state index in [1.807, 2.05) is 0 Å². The zero-order valence-corrected chi connectivity index (χ0v) is 5.56. The number of hydrogen-bond donors (Lipinski definition) is 3. The molecule has 0 saturated carbocycles. The van der Waals surface area contributed by atoms with Gasteiger partial charge < -0.3 is 5.11 Å². The van der Waals surface area contributed by atoms with Gasteiger partial charge in [-0.15, -0.1) is 0 Å². The molecule has 3 heteroatoms. The summed E-state index contributed by atoms with van der Waals surface area (Å²) < 4.78 is 0. The first kappa shape index (κ1) is 6.99. The van der Waals surface area contributed by atoms with Crippen molar-refractivity contribution in [3.63, 3.8) is 0 Å². The van der Waals surface area contributed by atoms with Gasteiger partial charge in [0.05, 0.1) is 6.10 Å². The molecule has 0 aromatic rings. The molecule has 1 fully saturated rings. The van der Waals surface area contributed by atoms with Crippen LogP contribution >= 0.6 is 0 Å². The first-order chi connectivity index (χ1) is 4.39. The summed E-state index contributed by atoms with van der Waals surface area (Å²) in [7, 11) is 0. The molecule has 1 saturated heterocycles. The van der Waals surface area contributed by atoms with Crippen LogP contribution in [0.3, 0.4) is 0 Å². The summed E-state index contributed by atoms with van der Waals surface area (Å²) in [6, 6.07) is 0. The lowest BCUT2D eigenvalue weighted by atomic mass is 10.1. The van der Waals surface area contributed by atoms with Gasteiger partial charge in [-0.2, -0.15) is 0 Å². The van der Waals surface area contributed by atoms with E-state index in [1.165, 1.54) is 0 Å². The molecule has 1 aliphatic rings. The third-order valence-corrected chi connectivity index (χ3v) is 1.57. The maximum Gasteiger partial charge on any atom is 0.0553 e. The molecule has 54 valence electrons. The second kappa shape index (κ2) is 3.82. The average molecular weight is 130 g/mol. The van der Waals surface area contributed by atoms with Crippen molar-refractivity contribution in [2.45, 2.75) is 25.4 Å². The van der Waals surface area contributed by atoms with E-state index in [1.54, 1.807) is 0 Å². The minimum absolute atomic E-state index is 0.0837. The Balaban J connectivity index is 2.12. The molecular formula is C6H14N2O. The third-order valence-electron chi connectivity index (χ3n) is 1.57. The molecule has 9 heavy (non-hydrogen) atoms. The van der Waals surface area contributed by atoms with Crippen LogP contribution in [0.25, 0.3) is 0 Å². The van der Waals surface area contributed by atoms with Gasteiger partial charge in [0.2, 0.25) is 0 Å². The van der Waals surface area contributed by atoms with E-state index in [0.717, 1.165) is 32.4 Å². The third kappa shape index (κ3) is 2.79. The van der Waals surface area contributed by atoms with Gasteiger partial charge in [-0.3, -0.25) is 10.9 Å². The highest BCUT2D eigenvalue weighted by atomic mass is 16.3. The topological polar surface area (TPSA) is 44.3 Å². The fraction of sp³-hybridized carbons (Fsp3) is 1.00. The Morgan fingerprint density at radius 3 is 2.78 bits per heavy atom. The van der Waals surface area contributed by atoms with Gasteiger partial charge in [-0.1, -0.05) is 0 Å². The van der Waals surface area contributed by atoms with Gasteiger partial charge in [0.15, 0.2) is 0 Å². The molecule has 1 rings (SSSR count). The van der Waals surface area contributed by atoms with Crippen molar-refractivity contribution in [3.8, 4) is 0 Å². The molecule has 0 bridgehead atoms. The fourth-order valence-electron chi connectivity index (χ4n) is 0.986. The predicted molar refractivity (Wildman–Crippen MR) is 35.9 cm³/mol. The molecule has 1 aliphatic heterocycles. The Morgan fingerprint density at radius 2 is 1.89 bits per heavy atom. The van der Waals surface area contributed by atoms with E-state index in [9.17, 15) is 0 Å². The SMILES string of the molecule is OC1CCCNNCC1. The molecule has 0 spiro atoms. The Bertz CT molecular complexity index is 69.5. The highest BCUT2D eigenvalue weighted by Crippen LogP contribution is 2.00. The molecule has 1 atom stereocenters. The van der Waals surface area contributed by atoms with Crippen molar-refractivity contribution in [2.24, 2.45) is 0 Å². The van der Waals surface area contributed by atoms with Crippen LogP contribution in [0.15, 0.2) is 0 Å². The summed E-state index contributed by atoms with van der Waals surface area (Å²) in [5.74, 6) is 0. The van der Waals surface area contributed by atoms with Crippen molar-refractivity contribution < 1.29 is 5.11 Å². The zero-order valence-electron chi connectivity index (χ0n) is 5.56. The predicted octanol–water partition coefficient (Wildman–Crippen LogP) is -0.375. The first-order valence-electron chi connectivity index (χ1n) is 3.53. The molecule has 0 amide bonds. The van der Waals surface area contributed by atoms with E-state index in [2.05, 4.69) is 10.9 Å². The van der Waals surface area contributed by atoms with Crippen LogP contribution in [0.4, 0.5) is 0 Å². The summed E-state index contributed by atoms with van der Waals surface area (Å²) in [6.07, 6.45) is 2.79. The van der Waals surface area contributed by atoms with Gasteiger partial charge in [0.25, 0.3) is 0 Å². The maximum atomic E-state index is 9.15. The van der Waals surface area contributed by atoms with Crippen molar-refractivity contribution in [1.29, 1.82) is 0 Å². The van der Waals surface area contributed by atoms with E-state index in [0.29, 0.717) is 0 Å². The highest BCUT2D eigenvalue weighted by Gasteiger charge is 2.04. The van der Waals surface area contributed by atoms with E-state index >= 15 is 0 Å². The van der Waals surface area contributed by atoms with Gasteiger partial charge in [-0.25, -0.2) is 0 Å². The van der Waals surface area contributed by atoms with Gasteiger partial charge in [0.1, 0.15) is 0 Å². The number of nitrogens with one attached hydrogen (secondary N) is 2. The number of aliphatic hydroxyl groups is 1. The summed E-state index contributed by atoms with van der Waals surface area (Å²) >= 11 is 0. The Morgan fingerprint density at radius 1 is 1.11 bits per heavy atom. The van der Waals surface area contributed by atoms with Crippen molar-refractivity contribution in [1.82, 2.24) is 10.9 Å². The quantitative estimate of drug-likeness (QED) is 0.419. The Kier molecular flexibility index (Phi) is 2.97. The maximum absolute atomic E-state index is 9.15. The molecular weight excluding hydrogens is 116 g/mol. The van der Waals surface area contributed by atoms with Crippen LogP contribution in [-0.2, 0) is 0 Å². The number of rotatable bonds is 0. The average Bonchev–Trinajstić information content (AvgIpc) is 1.79. The molecule has 1 unspecified atom stereocenters. The van der Waals surface area contributed by atoms with Crippen molar-refractivity contribution in [2.75, 3.05) is 13.1 Å². The monoisotopic (exact) mass is 130 g/mol. The standard InChI is InChI=1S/C6H14N2O/c9-6-2-1-4-7-8-5-3-6/h6-9H,1-5H2. The fourth-order valence-corrected chi connectivity index (χ4v) is 0.986. The van der Waals surface area contributed by atoms with Crippen molar-refractivity contribution >= 4 is 0 Å². The van der Waals surface area contributed by atoms with Crippen LogP contribution in [0.2, 0.25) is 0 Å².